The van der Waals surface area contributed by atoms with Gasteiger partial charge < -0.3 is 15.2 Å². The van der Waals surface area contributed by atoms with Gasteiger partial charge in [0.25, 0.3) is 5.91 Å². The number of aliphatic carboxylic acids is 1. The predicted molar refractivity (Wildman–Crippen MR) is 102 cm³/mol. The fraction of sp³-hybridized carbons (Fsp3) is 0.526. The van der Waals surface area contributed by atoms with Crippen LogP contribution in [0.25, 0.3) is 0 Å². The third kappa shape index (κ3) is 7.09. The summed E-state index contributed by atoms with van der Waals surface area (Å²) in [6.07, 6.45) is 0.890. The number of carboxylic acid groups (broad SMARTS) is 1. The fourth-order valence-corrected chi connectivity index (χ4v) is 3.14. The van der Waals surface area contributed by atoms with Crippen molar-refractivity contribution in [1.82, 2.24) is 20.0 Å². The zero-order valence-corrected chi connectivity index (χ0v) is 15.8. The molecule has 0 unspecified atom stereocenters. The van der Waals surface area contributed by atoms with E-state index in [1.54, 1.807) is 19.2 Å². The molecule has 8 nitrogen and oxygen atoms in total. The van der Waals surface area contributed by atoms with Crippen LogP contribution in [0.2, 0.25) is 0 Å². The zero-order chi connectivity index (χ0) is 19.6. The lowest BCUT2D eigenvalue weighted by atomic mass is 10.1. The molecule has 27 heavy (non-hydrogen) atoms. The molecule has 1 aromatic rings. The Labute approximate surface area is 159 Å². The van der Waals surface area contributed by atoms with Gasteiger partial charge in [-0.05, 0) is 17.7 Å². The number of aldehydes is 1. The Balaban J connectivity index is 2.03. The molecule has 0 saturated carbocycles. The van der Waals surface area contributed by atoms with E-state index in [1.807, 2.05) is 17.0 Å². The van der Waals surface area contributed by atoms with E-state index in [4.69, 9.17) is 5.11 Å². The average Bonchev–Trinajstić information content (AvgIpc) is 2.74. The molecule has 0 atom stereocenters. The minimum atomic E-state index is -0.840. The minimum absolute atomic E-state index is 0.00357. The normalized spacial score (nSPS) is 17.5. The van der Waals surface area contributed by atoms with Gasteiger partial charge >= 0.3 is 5.97 Å². The van der Waals surface area contributed by atoms with E-state index in [0.717, 1.165) is 31.5 Å². The van der Waals surface area contributed by atoms with Gasteiger partial charge in [-0.25, -0.2) is 0 Å². The summed E-state index contributed by atoms with van der Waals surface area (Å²) < 4.78 is 0. The number of hydrogen-bond acceptors (Lipinski definition) is 6. The Morgan fingerprint density at radius 3 is 2.07 bits per heavy atom. The van der Waals surface area contributed by atoms with Crippen molar-refractivity contribution in [3.05, 3.63) is 35.4 Å². The Morgan fingerprint density at radius 2 is 1.56 bits per heavy atom. The summed E-state index contributed by atoms with van der Waals surface area (Å²) >= 11 is 0. The molecular formula is C19H28N4O4. The Bertz CT molecular complexity index is 635. The van der Waals surface area contributed by atoms with Crippen molar-refractivity contribution in [2.45, 2.75) is 6.54 Å². The SMILES string of the molecule is CNC(=O)c1ccc(CN2CCN(CC=O)CCN(CC(=O)O)CC2)cc1. The van der Waals surface area contributed by atoms with E-state index in [9.17, 15) is 14.4 Å². The molecule has 0 aliphatic carbocycles. The number of hydrogen-bond donors (Lipinski definition) is 2. The van der Waals surface area contributed by atoms with E-state index < -0.39 is 5.97 Å². The third-order valence-corrected chi connectivity index (χ3v) is 4.74. The zero-order valence-electron chi connectivity index (χ0n) is 15.8. The van der Waals surface area contributed by atoms with Gasteiger partial charge in [-0.1, -0.05) is 12.1 Å². The van der Waals surface area contributed by atoms with Crippen molar-refractivity contribution in [1.29, 1.82) is 0 Å². The van der Waals surface area contributed by atoms with E-state index >= 15 is 0 Å². The largest absolute Gasteiger partial charge is 0.480 e. The number of carbonyl (C=O) groups is 3. The Hall–Kier alpha value is -2.29. The van der Waals surface area contributed by atoms with Crippen molar-refractivity contribution in [2.75, 3.05) is 59.4 Å². The summed E-state index contributed by atoms with van der Waals surface area (Å²) in [7, 11) is 1.60. The third-order valence-electron chi connectivity index (χ3n) is 4.74. The molecule has 1 heterocycles. The summed E-state index contributed by atoms with van der Waals surface area (Å²) in [5, 5.41) is 11.7. The van der Waals surface area contributed by atoms with Gasteiger partial charge in [0, 0.05) is 58.4 Å². The molecule has 0 spiro atoms. The summed E-state index contributed by atoms with van der Waals surface area (Å²) in [6.45, 7) is 5.36. The Kier molecular flexibility index (Phi) is 8.38. The number of amides is 1. The van der Waals surface area contributed by atoms with Crippen LogP contribution in [0.3, 0.4) is 0 Å². The minimum Gasteiger partial charge on any atom is -0.480 e. The summed E-state index contributed by atoms with van der Waals surface area (Å²) in [5.74, 6) is -0.953. The fourth-order valence-electron chi connectivity index (χ4n) is 3.14. The highest BCUT2D eigenvalue weighted by atomic mass is 16.4. The van der Waals surface area contributed by atoms with Gasteiger partial charge in [-0.15, -0.1) is 0 Å². The second-order valence-electron chi connectivity index (χ2n) is 6.69. The maximum absolute atomic E-state index is 11.6. The van der Waals surface area contributed by atoms with Crippen LogP contribution in [0.15, 0.2) is 24.3 Å². The van der Waals surface area contributed by atoms with Crippen LogP contribution in [0.4, 0.5) is 0 Å². The van der Waals surface area contributed by atoms with E-state index in [2.05, 4.69) is 15.1 Å². The number of nitrogens with zero attached hydrogens (tertiary/aromatic N) is 3. The van der Waals surface area contributed by atoms with Crippen LogP contribution in [0, 0.1) is 0 Å². The van der Waals surface area contributed by atoms with Crippen molar-refractivity contribution < 1.29 is 19.5 Å². The van der Waals surface area contributed by atoms with Gasteiger partial charge in [-0.3, -0.25) is 24.3 Å². The first-order valence-corrected chi connectivity index (χ1v) is 9.15. The first-order valence-electron chi connectivity index (χ1n) is 9.15. The second kappa shape index (κ2) is 10.8. The molecule has 1 aromatic carbocycles. The highest BCUT2D eigenvalue weighted by Crippen LogP contribution is 2.09. The number of rotatable bonds is 7. The monoisotopic (exact) mass is 376 g/mol. The molecule has 1 amide bonds. The van der Waals surface area contributed by atoms with Gasteiger partial charge in [0.2, 0.25) is 0 Å². The first-order chi connectivity index (χ1) is 13.0. The Morgan fingerprint density at radius 1 is 1.00 bits per heavy atom. The van der Waals surface area contributed by atoms with Crippen LogP contribution in [-0.4, -0.2) is 97.4 Å². The highest BCUT2D eigenvalue weighted by Gasteiger charge is 2.18. The molecule has 1 aliphatic rings. The number of benzene rings is 1. The molecule has 0 aromatic heterocycles. The van der Waals surface area contributed by atoms with Crippen molar-refractivity contribution in [3.63, 3.8) is 0 Å². The van der Waals surface area contributed by atoms with Crippen molar-refractivity contribution in [3.8, 4) is 0 Å². The smallest absolute Gasteiger partial charge is 0.317 e. The molecule has 148 valence electrons. The van der Waals surface area contributed by atoms with E-state index in [1.165, 1.54) is 0 Å². The maximum Gasteiger partial charge on any atom is 0.317 e. The molecule has 2 rings (SSSR count). The predicted octanol–water partition coefficient (Wildman–Crippen LogP) is -0.251. The second-order valence-corrected chi connectivity index (χ2v) is 6.69. The van der Waals surface area contributed by atoms with Gasteiger partial charge in [-0.2, -0.15) is 0 Å². The van der Waals surface area contributed by atoms with Crippen molar-refractivity contribution >= 4 is 18.2 Å². The van der Waals surface area contributed by atoms with E-state index in [0.29, 0.717) is 38.3 Å². The molecule has 0 bridgehead atoms. The lowest BCUT2D eigenvalue weighted by molar-refractivity contribution is -0.138. The van der Waals surface area contributed by atoms with Gasteiger partial charge in [0.05, 0.1) is 13.1 Å². The summed E-state index contributed by atoms with van der Waals surface area (Å²) in [5.41, 5.74) is 1.71. The van der Waals surface area contributed by atoms with Crippen molar-refractivity contribution in [2.24, 2.45) is 0 Å². The van der Waals surface area contributed by atoms with Crippen LogP contribution < -0.4 is 5.32 Å². The van der Waals surface area contributed by atoms with Gasteiger partial charge in [0.15, 0.2) is 0 Å². The lowest BCUT2D eigenvalue weighted by Gasteiger charge is -2.25. The molecule has 8 heteroatoms. The van der Waals surface area contributed by atoms with E-state index in [-0.39, 0.29) is 12.5 Å². The highest BCUT2D eigenvalue weighted by molar-refractivity contribution is 5.93. The van der Waals surface area contributed by atoms with Crippen LogP contribution in [-0.2, 0) is 16.1 Å². The number of carboxylic acids is 1. The molecular weight excluding hydrogens is 348 g/mol. The van der Waals surface area contributed by atoms with Crippen LogP contribution >= 0.6 is 0 Å². The number of nitrogens with one attached hydrogen (secondary N) is 1. The first kappa shape index (κ1) is 21.0. The average molecular weight is 376 g/mol. The standard InChI is InChI=1S/C19H28N4O4/c1-20-19(27)17-4-2-16(3-5-17)14-22-8-6-21(12-13-24)7-9-23(11-10-22)15-18(25)26/h2-5,13H,6-12,14-15H2,1H3,(H,20,27)(H,25,26). The molecule has 2 N–H and O–H groups in total. The lowest BCUT2D eigenvalue weighted by Crippen LogP contribution is -2.39. The quantitative estimate of drug-likeness (QED) is 0.634. The molecule has 0 radical (unpaired) electrons. The summed E-state index contributed by atoms with van der Waals surface area (Å²) in [4.78, 5) is 39.9. The maximum atomic E-state index is 11.6. The summed E-state index contributed by atoms with van der Waals surface area (Å²) in [6, 6.07) is 7.49. The molecule has 1 aliphatic heterocycles. The van der Waals surface area contributed by atoms with Crippen LogP contribution in [0.5, 0.6) is 0 Å². The molecule has 1 fully saturated rings. The van der Waals surface area contributed by atoms with Crippen LogP contribution in [0.1, 0.15) is 15.9 Å². The molecule has 1 saturated heterocycles. The topological polar surface area (TPSA) is 93.2 Å². The number of carbonyl (C=O) groups excluding carboxylic acids is 2. The van der Waals surface area contributed by atoms with Gasteiger partial charge in [0.1, 0.15) is 6.29 Å².